The van der Waals surface area contributed by atoms with E-state index in [0.29, 0.717) is 29.2 Å². The van der Waals surface area contributed by atoms with Gasteiger partial charge in [0.1, 0.15) is 0 Å². The highest BCUT2D eigenvalue weighted by Gasteiger charge is 2.26. The summed E-state index contributed by atoms with van der Waals surface area (Å²) in [6.07, 6.45) is 1.82. The van der Waals surface area contributed by atoms with Crippen LogP contribution in [0.4, 0.5) is 5.69 Å². The molecule has 1 aliphatic heterocycles. The maximum absolute atomic E-state index is 12.7. The third-order valence-electron chi connectivity index (χ3n) is 5.10. The monoisotopic (exact) mass is 484 g/mol. The number of sulfonamides is 1. The molecular formula is C23H21BrN2O3S. The lowest BCUT2D eigenvalue weighted by atomic mass is 10.0. The smallest absolute Gasteiger partial charge is 0.255 e. The molecule has 1 aliphatic rings. The second kappa shape index (κ2) is 8.71. The molecular weight excluding hydrogens is 464 g/mol. The number of amides is 1. The highest BCUT2D eigenvalue weighted by Crippen LogP contribution is 2.26. The van der Waals surface area contributed by atoms with Crippen LogP contribution in [0.25, 0.3) is 11.1 Å². The minimum atomic E-state index is -3.43. The molecule has 3 aromatic carbocycles. The van der Waals surface area contributed by atoms with E-state index in [1.54, 1.807) is 36.4 Å². The number of nitrogens with one attached hydrogen (secondary N) is 1. The summed E-state index contributed by atoms with van der Waals surface area (Å²) in [6, 6.07) is 21.5. The summed E-state index contributed by atoms with van der Waals surface area (Å²) in [7, 11) is -3.43. The summed E-state index contributed by atoms with van der Waals surface area (Å²) in [5.74, 6) is -0.205. The Kier molecular flexibility index (Phi) is 6.04. The van der Waals surface area contributed by atoms with Gasteiger partial charge in [0.15, 0.2) is 0 Å². The first kappa shape index (κ1) is 20.8. The minimum Gasteiger partial charge on any atom is -0.322 e. The Morgan fingerprint density at radius 3 is 2.27 bits per heavy atom. The van der Waals surface area contributed by atoms with E-state index in [4.69, 9.17) is 0 Å². The average molecular weight is 485 g/mol. The number of nitrogens with zero attached hydrogens (tertiary/aromatic N) is 1. The zero-order chi connectivity index (χ0) is 21.1. The van der Waals surface area contributed by atoms with Crippen molar-refractivity contribution in [3.8, 4) is 11.1 Å². The molecule has 5 nitrogen and oxygen atoms in total. The van der Waals surface area contributed by atoms with Crippen molar-refractivity contribution in [3.63, 3.8) is 0 Å². The van der Waals surface area contributed by atoms with Crippen LogP contribution < -0.4 is 5.32 Å². The topological polar surface area (TPSA) is 66.5 Å². The maximum atomic E-state index is 12.7. The molecule has 0 unspecified atom stereocenters. The predicted octanol–water partition coefficient (Wildman–Crippen LogP) is 5.15. The zero-order valence-electron chi connectivity index (χ0n) is 16.2. The van der Waals surface area contributed by atoms with Gasteiger partial charge < -0.3 is 5.32 Å². The van der Waals surface area contributed by atoms with E-state index in [0.717, 1.165) is 28.4 Å². The first-order valence-electron chi connectivity index (χ1n) is 9.71. The normalized spacial score (nSPS) is 14.6. The quantitative estimate of drug-likeness (QED) is 0.544. The van der Waals surface area contributed by atoms with Crippen LogP contribution in [-0.2, 0) is 10.0 Å². The summed E-state index contributed by atoms with van der Waals surface area (Å²) < 4.78 is 27.8. The van der Waals surface area contributed by atoms with Crippen LogP contribution in [0.15, 0.2) is 82.2 Å². The average Bonchev–Trinajstić information content (AvgIpc) is 3.30. The molecule has 1 N–H and O–H groups in total. The Bertz CT molecular complexity index is 1170. The number of benzene rings is 3. The van der Waals surface area contributed by atoms with E-state index >= 15 is 0 Å². The van der Waals surface area contributed by atoms with E-state index < -0.39 is 10.0 Å². The van der Waals surface area contributed by atoms with Crippen molar-refractivity contribution >= 4 is 37.5 Å². The van der Waals surface area contributed by atoms with Crippen molar-refractivity contribution in [2.45, 2.75) is 17.7 Å². The fraction of sp³-hybridized carbons (Fsp3) is 0.174. The van der Waals surface area contributed by atoms with Gasteiger partial charge in [0.2, 0.25) is 10.0 Å². The van der Waals surface area contributed by atoms with Gasteiger partial charge in [-0.05, 0) is 66.4 Å². The summed E-state index contributed by atoms with van der Waals surface area (Å²) >= 11 is 3.39. The van der Waals surface area contributed by atoms with E-state index in [9.17, 15) is 13.2 Å². The number of rotatable bonds is 5. The first-order valence-corrected chi connectivity index (χ1v) is 11.9. The van der Waals surface area contributed by atoms with Gasteiger partial charge in [0.25, 0.3) is 5.91 Å². The fourth-order valence-electron chi connectivity index (χ4n) is 3.51. The van der Waals surface area contributed by atoms with Crippen LogP contribution >= 0.6 is 15.9 Å². The molecule has 7 heteroatoms. The van der Waals surface area contributed by atoms with Crippen molar-refractivity contribution in [1.29, 1.82) is 0 Å². The molecule has 0 spiro atoms. The number of carbonyl (C=O) groups excluding carboxylic acids is 1. The fourth-order valence-corrected chi connectivity index (χ4v) is 5.42. The van der Waals surface area contributed by atoms with Gasteiger partial charge in [0.05, 0.1) is 4.90 Å². The Morgan fingerprint density at radius 2 is 1.57 bits per heavy atom. The number of hydrogen-bond acceptors (Lipinski definition) is 3. The molecule has 30 heavy (non-hydrogen) atoms. The lowest BCUT2D eigenvalue weighted by molar-refractivity contribution is 0.102. The van der Waals surface area contributed by atoms with E-state index in [1.165, 1.54) is 4.31 Å². The molecule has 0 aliphatic carbocycles. The summed E-state index contributed by atoms with van der Waals surface area (Å²) in [6.45, 7) is 1.17. The lowest BCUT2D eigenvalue weighted by Gasteiger charge is -2.15. The summed E-state index contributed by atoms with van der Waals surface area (Å²) in [4.78, 5) is 12.9. The summed E-state index contributed by atoms with van der Waals surface area (Å²) in [5.41, 5.74) is 2.94. The Morgan fingerprint density at radius 1 is 0.867 bits per heavy atom. The molecule has 3 aromatic rings. The summed E-state index contributed by atoms with van der Waals surface area (Å²) in [5, 5.41) is 2.88. The molecule has 0 saturated carbocycles. The van der Waals surface area contributed by atoms with Gasteiger partial charge in [-0.3, -0.25) is 4.79 Å². The lowest BCUT2D eigenvalue weighted by Crippen LogP contribution is -2.27. The largest absolute Gasteiger partial charge is 0.322 e. The van der Waals surface area contributed by atoms with Crippen LogP contribution in [0.1, 0.15) is 23.2 Å². The maximum Gasteiger partial charge on any atom is 0.255 e. The molecule has 0 radical (unpaired) electrons. The number of anilines is 1. The van der Waals surface area contributed by atoms with Gasteiger partial charge in [0, 0.05) is 28.8 Å². The van der Waals surface area contributed by atoms with Crippen LogP contribution in [0.3, 0.4) is 0 Å². The highest BCUT2D eigenvalue weighted by atomic mass is 79.9. The van der Waals surface area contributed by atoms with Crippen molar-refractivity contribution in [1.82, 2.24) is 4.31 Å². The van der Waals surface area contributed by atoms with Crippen LogP contribution in [-0.4, -0.2) is 31.7 Å². The van der Waals surface area contributed by atoms with Gasteiger partial charge >= 0.3 is 0 Å². The van der Waals surface area contributed by atoms with Crippen LogP contribution in [0, 0.1) is 0 Å². The molecule has 1 heterocycles. The number of hydrogen-bond donors (Lipinski definition) is 1. The molecule has 0 bridgehead atoms. The van der Waals surface area contributed by atoms with E-state index in [2.05, 4.69) is 21.2 Å². The SMILES string of the molecule is O=C(Nc1cccc(Br)c1)c1cccc(-c2ccc(S(=O)(=O)N3CCCC3)cc2)c1. The minimum absolute atomic E-state index is 0.205. The Hall–Kier alpha value is -2.48. The zero-order valence-corrected chi connectivity index (χ0v) is 18.6. The van der Waals surface area contributed by atoms with Crippen LogP contribution in [0.2, 0.25) is 0 Å². The van der Waals surface area contributed by atoms with Crippen molar-refractivity contribution in [2.24, 2.45) is 0 Å². The van der Waals surface area contributed by atoms with Crippen molar-refractivity contribution in [2.75, 3.05) is 18.4 Å². The second-order valence-corrected chi connectivity index (χ2v) is 10.0. The second-order valence-electron chi connectivity index (χ2n) is 7.18. The van der Waals surface area contributed by atoms with E-state index in [-0.39, 0.29) is 5.91 Å². The molecule has 1 fully saturated rings. The third-order valence-corrected chi connectivity index (χ3v) is 7.50. The van der Waals surface area contributed by atoms with Gasteiger partial charge in [-0.25, -0.2) is 8.42 Å². The molecule has 0 atom stereocenters. The number of carbonyl (C=O) groups is 1. The molecule has 1 amide bonds. The Balaban J connectivity index is 1.54. The predicted molar refractivity (Wildman–Crippen MR) is 122 cm³/mol. The van der Waals surface area contributed by atoms with Gasteiger partial charge in [-0.15, -0.1) is 0 Å². The van der Waals surface area contributed by atoms with Gasteiger partial charge in [-0.1, -0.05) is 46.3 Å². The standard InChI is InChI=1S/C23H21BrN2O3S/c24-20-7-4-8-21(16-20)25-23(27)19-6-3-5-18(15-19)17-9-11-22(12-10-17)30(28,29)26-13-1-2-14-26/h3-12,15-16H,1-2,13-14H2,(H,25,27). The highest BCUT2D eigenvalue weighted by molar-refractivity contribution is 9.10. The molecule has 154 valence electrons. The van der Waals surface area contributed by atoms with E-state index in [1.807, 2.05) is 36.4 Å². The molecule has 0 aromatic heterocycles. The van der Waals surface area contributed by atoms with Crippen molar-refractivity contribution in [3.05, 3.63) is 82.8 Å². The van der Waals surface area contributed by atoms with Crippen LogP contribution in [0.5, 0.6) is 0 Å². The Labute approximate surface area is 184 Å². The molecule has 4 rings (SSSR count). The molecule has 1 saturated heterocycles. The number of halogens is 1. The van der Waals surface area contributed by atoms with Crippen molar-refractivity contribution < 1.29 is 13.2 Å². The third kappa shape index (κ3) is 4.48. The first-order chi connectivity index (χ1) is 14.4. The van der Waals surface area contributed by atoms with Gasteiger partial charge in [-0.2, -0.15) is 4.31 Å².